The average molecular weight is 390 g/mol. The molecule has 2 aromatic heterocycles. The number of aryl methyl sites for hydroxylation is 3. The highest BCUT2D eigenvalue weighted by molar-refractivity contribution is 7.19. The quantitative estimate of drug-likeness (QED) is 0.478. The van der Waals surface area contributed by atoms with Crippen molar-refractivity contribution in [3.63, 3.8) is 0 Å². The minimum Gasteiger partial charge on any atom is -0.378 e. The summed E-state index contributed by atoms with van der Waals surface area (Å²) in [5, 5.41) is 4.04. The van der Waals surface area contributed by atoms with Crippen LogP contribution in [0.4, 0.5) is 5.69 Å². The van der Waals surface area contributed by atoms with Gasteiger partial charge in [0.05, 0.1) is 11.9 Å². The van der Waals surface area contributed by atoms with Gasteiger partial charge in [-0.25, -0.2) is 4.98 Å². The molecular formula is C23H23N3OS. The van der Waals surface area contributed by atoms with Crippen LogP contribution in [0.5, 0.6) is 0 Å². The third-order valence-corrected chi connectivity index (χ3v) is 5.92. The number of rotatable bonds is 5. The van der Waals surface area contributed by atoms with Gasteiger partial charge in [-0.1, -0.05) is 48.9 Å². The lowest BCUT2D eigenvalue weighted by atomic mass is 10.0. The van der Waals surface area contributed by atoms with Crippen molar-refractivity contribution in [1.29, 1.82) is 0 Å². The first-order valence-electron chi connectivity index (χ1n) is 9.47. The van der Waals surface area contributed by atoms with Crippen molar-refractivity contribution in [2.75, 3.05) is 5.32 Å². The van der Waals surface area contributed by atoms with Gasteiger partial charge < -0.3 is 10.3 Å². The molecule has 2 heterocycles. The topological polar surface area (TPSA) is 57.8 Å². The summed E-state index contributed by atoms with van der Waals surface area (Å²) < 4.78 is 0. The second-order valence-electron chi connectivity index (χ2n) is 7.00. The van der Waals surface area contributed by atoms with E-state index in [0.29, 0.717) is 17.8 Å². The highest BCUT2D eigenvalue weighted by Gasteiger charge is 2.16. The van der Waals surface area contributed by atoms with Crippen LogP contribution in [0.15, 0.2) is 53.3 Å². The van der Waals surface area contributed by atoms with Gasteiger partial charge in [0.1, 0.15) is 10.7 Å². The van der Waals surface area contributed by atoms with Gasteiger partial charge in [0, 0.05) is 16.1 Å². The van der Waals surface area contributed by atoms with E-state index in [1.165, 1.54) is 11.1 Å². The number of thiophene rings is 1. The van der Waals surface area contributed by atoms with Crippen LogP contribution >= 0.6 is 11.3 Å². The number of aromatic amines is 1. The van der Waals surface area contributed by atoms with Gasteiger partial charge in [-0.05, 0) is 43.5 Å². The van der Waals surface area contributed by atoms with Crippen molar-refractivity contribution in [1.82, 2.24) is 9.97 Å². The Hall–Kier alpha value is -2.92. The number of nitrogens with zero attached hydrogens (tertiary/aromatic N) is 1. The molecule has 0 aliphatic heterocycles. The Bertz CT molecular complexity index is 1190. The molecular weight excluding hydrogens is 366 g/mol. The van der Waals surface area contributed by atoms with Gasteiger partial charge in [-0.3, -0.25) is 4.79 Å². The molecule has 0 unspecified atom stereocenters. The molecule has 0 aliphatic rings. The molecule has 2 N–H and O–H groups in total. The second-order valence-corrected chi connectivity index (χ2v) is 8.20. The fourth-order valence-corrected chi connectivity index (χ4v) is 4.47. The maximum Gasteiger partial charge on any atom is 0.260 e. The summed E-state index contributed by atoms with van der Waals surface area (Å²) in [5.41, 5.74) is 5.48. The van der Waals surface area contributed by atoms with E-state index in [0.717, 1.165) is 32.9 Å². The van der Waals surface area contributed by atoms with Crippen molar-refractivity contribution in [3.05, 3.63) is 80.7 Å². The van der Waals surface area contributed by atoms with E-state index in [9.17, 15) is 4.79 Å². The minimum atomic E-state index is -0.0796. The first-order valence-corrected chi connectivity index (χ1v) is 10.3. The summed E-state index contributed by atoms with van der Waals surface area (Å²) in [6.45, 7) is 6.73. The van der Waals surface area contributed by atoms with Crippen LogP contribution in [0.3, 0.4) is 0 Å². The van der Waals surface area contributed by atoms with E-state index < -0.39 is 0 Å². The molecule has 0 saturated carbocycles. The molecule has 0 spiro atoms. The molecule has 0 amide bonds. The zero-order valence-corrected chi connectivity index (χ0v) is 17.1. The lowest BCUT2D eigenvalue weighted by Gasteiger charge is -2.08. The largest absolute Gasteiger partial charge is 0.378 e. The Morgan fingerprint density at radius 1 is 1.11 bits per heavy atom. The number of hydrogen-bond acceptors (Lipinski definition) is 4. The monoisotopic (exact) mass is 389 g/mol. The molecule has 2 aromatic carbocycles. The Labute approximate surface area is 168 Å². The average Bonchev–Trinajstić information content (AvgIpc) is 3.03. The molecule has 0 atom stereocenters. The lowest BCUT2D eigenvalue weighted by molar-refractivity contribution is 0.956. The smallest absolute Gasteiger partial charge is 0.260 e. The zero-order chi connectivity index (χ0) is 19.7. The maximum atomic E-state index is 12.9. The second kappa shape index (κ2) is 7.60. The van der Waals surface area contributed by atoms with Crippen LogP contribution in [-0.4, -0.2) is 9.97 Å². The predicted molar refractivity (Wildman–Crippen MR) is 118 cm³/mol. The van der Waals surface area contributed by atoms with E-state index in [2.05, 4.69) is 67.5 Å². The van der Waals surface area contributed by atoms with Gasteiger partial charge >= 0.3 is 0 Å². The van der Waals surface area contributed by atoms with Crippen LogP contribution < -0.4 is 10.9 Å². The zero-order valence-electron chi connectivity index (χ0n) is 16.3. The normalized spacial score (nSPS) is 11.1. The summed E-state index contributed by atoms with van der Waals surface area (Å²) in [7, 11) is 0. The molecule has 0 radical (unpaired) electrons. The molecule has 0 saturated heterocycles. The maximum absolute atomic E-state index is 12.9. The van der Waals surface area contributed by atoms with Crippen molar-refractivity contribution in [2.24, 2.45) is 0 Å². The fraction of sp³-hybridized carbons (Fsp3) is 0.217. The number of nitrogens with one attached hydrogen (secondary N) is 2. The van der Waals surface area contributed by atoms with Gasteiger partial charge in [0.15, 0.2) is 0 Å². The SMILES string of the molecule is CCc1cccc(NCc2nc3sc(C)c(-c4ccc(C)cc4)c3c(=O)[nH]2)c1. The third-order valence-electron chi connectivity index (χ3n) is 4.92. The predicted octanol–water partition coefficient (Wildman–Crippen LogP) is 5.44. The Balaban J connectivity index is 1.67. The van der Waals surface area contributed by atoms with Crippen LogP contribution in [-0.2, 0) is 13.0 Å². The van der Waals surface area contributed by atoms with E-state index in [1.54, 1.807) is 11.3 Å². The standard InChI is InChI=1S/C23H23N3OS/c1-4-16-6-5-7-18(12-16)24-13-19-25-22(27)21-20(15(3)28-23(21)26-19)17-10-8-14(2)9-11-17/h5-12,24H,4,13H2,1-3H3,(H,25,26,27). The van der Waals surface area contributed by atoms with Gasteiger partial charge in [-0.15, -0.1) is 11.3 Å². The van der Waals surface area contributed by atoms with Crippen molar-refractivity contribution >= 4 is 27.2 Å². The minimum absolute atomic E-state index is 0.0796. The molecule has 4 nitrogen and oxygen atoms in total. The molecule has 142 valence electrons. The Kier molecular flexibility index (Phi) is 5.01. The molecule has 4 aromatic rings. The number of benzene rings is 2. The Morgan fingerprint density at radius 2 is 1.89 bits per heavy atom. The number of hydrogen-bond donors (Lipinski definition) is 2. The summed E-state index contributed by atoms with van der Waals surface area (Å²) in [6, 6.07) is 16.6. The molecule has 0 bridgehead atoms. The first-order chi connectivity index (χ1) is 13.5. The number of H-pyrrole nitrogens is 1. The van der Waals surface area contributed by atoms with E-state index in [4.69, 9.17) is 4.98 Å². The summed E-state index contributed by atoms with van der Waals surface area (Å²) in [5.74, 6) is 0.649. The van der Waals surface area contributed by atoms with E-state index in [-0.39, 0.29) is 5.56 Å². The first kappa shape index (κ1) is 18.4. The highest BCUT2D eigenvalue weighted by Crippen LogP contribution is 2.35. The van der Waals surface area contributed by atoms with Crippen LogP contribution in [0.25, 0.3) is 21.3 Å². The van der Waals surface area contributed by atoms with Crippen molar-refractivity contribution in [3.8, 4) is 11.1 Å². The van der Waals surface area contributed by atoms with Crippen LogP contribution in [0.1, 0.15) is 28.8 Å². The number of fused-ring (bicyclic) bond motifs is 1. The van der Waals surface area contributed by atoms with E-state index >= 15 is 0 Å². The highest BCUT2D eigenvalue weighted by atomic mass is 32.1. The summed E-state index contributed by atoms with van der Waals surface area (Å²) in [6.07, 6.45) is 0.993. The van der Waals surface area contributed by atoms with Gasteiger partial charge in [0.2, 0.25) is 0 Å². The van der Waals surface area contributed by atoms with Crippen LogP contribution in [0, 0.1) is 13.8 Å². The molecule has 0 fully saturated rings. The third kappa shape index (κ3) is 3.58. The molecule has 0 aliphatic carbocycles. The van der Waals surface area contributed by atoms with Crippen molar-refractivity contribution in [2.45, 2.75) is 33.7 Å². The number of aromatic nitrogens is 2. The number of anilines is 1. The summed E-state index contributed by atoms with van der Waals surface area (Å²) >= 11 is 1.57. The Morgan fingerprint density at radius 3 is 2.64 bits per heavy atom. The molecule has 5 heteroatoms. The van der Waals surface area contributed by atoms with Gasteiger partial charge in [-0.2, -0.15) is 0 Å². The van der Waals surface area contributed by atoms with E-state index in [1.807, 2.05) is 12.1 Å². The van der Waals surface area contributed by atoms with Crippen LogP contribution in [0.2, 0.25) is 0 Å². The summed E-state index contributed by atoms with van der Waals surface area (Å²) in [4.78, 5) is 22.4. The lowest BCUT2D eigenvalue weighted by Crippen LogP contribution is -2.14. The van der Waals surface area contributed by atoms with Crippen molar-refractivity contribution < 1.29 is 0 Å². The molecule has 28 heavy (non-hydrogen) atoms. The fourth-order valence-electron chi connectivity index (χ4n) is 3.40. The van der Waals surface area contributed by atoms with Gasteiger partial charge in [0.25, 0.3) is 5.56 Å². The molecule has 4 rings (SSSR count).